The zero-order valence-electron chi connectivity index (χ0n) is 21.8. The highest BCUT2D eigenvalue weighted by molar-refractivity contribution is 5.90. The lowest BCUT2D eigenvalue weighted by molar-refractivity contribution is 0.0685. The van der Waals surface area contributed by atoms with Crippen molar-refractivity contribution in [3.63, 3.8) is 0 Å². The fraction of sp³-hybridized carbons (Fsp3) is 0.517. The molecule has 2 aromatic carbocycles. The van der Waals surface area contributed by atoms with Crippen LogP contribution in [-0.2, 0) is 31.8 Å². The monoisotopic (exact) mass is 538 g/mol. The molecule has 0 saturated carbocycles. The molecule has 4 heterocycles. The molecule has 4 aliphatic rings. The van der Waals surface area contributed by atoms with Gasteiger partial charge in [-0.1, -0.05) is 0 Å². The first-order valence-electron chi connectivity index (χ1n) is 13.6. The van der Waals surface area contributed by atoms with E-state index in [-0.39, 0.29) is 35.5 Å². The second kappa shape index (κ2) is 11.1. The standard InChI is InChI=1S/C29H34N2O8/c32-28(33)26-6-4-20(30(10-22-14-36-22)11-23-15-37-23)8-18(26)2-1-3-19-9-21(5-7-27(19)29(34)35)31(12-24-16-38-24)13-25-17-39-25/h4-9,22-25H,1-3,10-17H2,(H,32,33)(H,34,35). The van der Waals surface area contributed by atoms with E-state index < -0.39 is 11.9 Å². The van der Waals surface area contributed by atoms with E-state index in [0.717, 1.165) is 75.1 Å². The minimum atomic E-state index is -0.965. The second-order valence-electron chi connectivity index (χ2n) is 10.8. The molecule has 0 aliphatic carbocycles. The first kappa shape index (κ1) is 26.1. The molecule has 0 bridgehead atoms. The highest BCUT2D eigenvalue weighted by Crippen LogP contribution is 2.28. The van der Waals surface area contributed by atoms with Gasteiger partial charge >= 0.3 is 11.9 Å². The van der Waals surface area contributed by atoms with Crippen LogP contribution in [0.4, 0.5) is 11.4 Å². The number of aryl methyl sites for hydroxylation is 2. The summed E-state index contributed by atoms with van der Waals surface area (Å²) in [5.41, 5.74) is 3.94. The van der Waals surface area contributed by atoms with Crippen molar-refractivity contribution in [1.82, 2.24) is 0 Å². The maximum atomic E-state index is 12.0. The fourth-order valence-electron chi connectivity index (χ4n) is 5.10. The van der Waals surface area contributed by atoms with Gasteiger partial charge in [-0.25, -0.2) is 9.59 Å². The first-order valence-corrected chi connectivity index (χ1v) is 13.6. The minimum absolute atomic E-state index is 0.200. The normalized spacial score (nSPS) is 24.2. The van der Waals surface area contributed by atoms with Crippen molar-refractivity contribution in [2.24, 2.45) is 0 Å². The Labute approximate surface area is 227 Å². The van der Waals surface area contributed by atoms with Crippen LogP contribution < -0.4 is 9.80 Å². The number of hydrogen-bond donors (Lipinski definition) is 2. The highest BCUT2D eigenvalue weighted by atomic mass is 16.6. The van der Waals surface area contributed by atoms with Gasteiger partial charge in [0.05, 0.1) is 62.0 Å². The Kier molecular flexibility index (Phi) is 7.44. The summed E-state index contributed by atoms with van der Waals surface area (Å²) >= 11 is 0. The zero-order valence-corrected chi connectivity index (χ0v) is 21.8. The summed E-state index contributed by atoms with van der Waals surface area (Å²) in [5, 5.41) is 19.7. The third-order valence-electron chi connectivity index (χ3n) is 7.57. The average molecular weight is 539 g/mol. The molecule has 4 aliphatic heterocycles. The smallest absolute Gasteiger partial charge is 0.335 e. The second-order valence-corrected chi connectivity index (χ2v) is 10.8. The summed E-state index contributed by atoms with van der Waals surface area (Å²) in [6.07, 6.45) is 2.44. The summed E-state index contributed by atoms with van der Waals surface area (Å²) in [6.45, 7) is 5.95. The molecular weight excluding hydrogens is 504 g/mol. The van der Waals surface area contributed by atoms with Gasteiger partial charge in [-0.3, -0.25) is 0 Å². The minimum Gasteiger partial charge on any atom is -0.478 e. The molecule has 10 heteroatoms. The predicted octanol–water partition coefficient (Wildman–Crippen LogP) is 2.47. The quantitative estimate of drug-likeness (QED) is 0.307. The zero-order chi connectivity index (χ0) is 26.9. The van der Waals surface area contributed by atoms with Crippen molar-refractivity contribution in [2.45, 2.75) is 43.7 Å². The molecular formula is C29H34N2O8. The van der Waals surface area contributed by atoms with E-state index in [1.165, 1.54) is 0 Å². The van der Waals surface area contributed by atoms with Crippen molar-refractivity contribution < 1.29 is 38.7 Å². The van der Waals surface area contributed by atoms with Gasteiger partial charge in [-0.05, 0) is 66.8 Å². The number of hydrogen-bond acceptors (Lipinski definition) is 8. The van der Waals surface area contributed by atoms with Crippen LogP contribution in [-0.4, -0.2) is 99.2 Å². The SMILES string of the molecule is O=C(O)c1ccc(N(CC2CO2)CC2CO2)cc1CCCc1cc(N(CC2CO2)CC2CO2)ccc1C(=O)O. The van der Waals surface area contributed by atoms with Crippen LogP contribution >= 0.6 is 0 Å². The predicted molar refractivity (Wildman–Crippen MR) is 142 cm³/mol. The van der Waals surface area contributed by atoms with E-state index in [9.17, 15) is 19.8 Å². The summed E-state index contributed by atoms with van der Waals surface area (Å²) in [7, 11) is 0. The largest absolute Gasteiger partial charge is 0.478 e. The molecule has 0 aromatic heterocycles. The molecule has 4 atom stereocenters. The molecule has 0 spiro atoms. The molecule has 4 fully saturated rings. The number of nitrogens with zero attached hydrogens (tertiary/aromatic N) is 2. The summed E-state index contributed by atoms with van der Waals surface area (Å²) in [5.74, 6) is -1.93. The molecule has 0 amide bonds. The summed E-state index contributed by atoms with van der Waals surface area (Å²) in [6, 6.07) is 11.0. The molecule has 6 rings (SSSR count). The van der Waals surface area contributed by atoms with Crippen LogP contribution in [0, 0.1) is 0 Å². The van der Waals surface area contributed by atoms with Crippen molar-refractivity contribution in [3.05, 3.63) is 58.7 Å². The Morgan fingerprint density at radius 2 is 0.974 bits per heavy atom. The van der Waals surface area contributed by atoms with Crippen LogP contribution in [0.1, 0.15) is 38.3 Å². The van der Waals surface area contributed by atoms with Crippen LogP contribution in [0.2, 0.25) is 0 Å². The lowest BCUT2D eigenvalue weighted by Gasteiger charge is -2.25. The van der Waals surface area contributed by atoms with Crippen molar-refractivity contribution in [1.29, 1.82) is 0 Å². The van der Waals surface area contributed by atoms with Crippen molar-refractivity contribution >= 4 is 23.3 Å². The Balaban J connectivity index is 1.18. The van der Waals surface area contributed by atoms with E-state index in [1.54, 1.807) is 12.1 Å². The van der Waals surface area contributed by atoms with Gasteiger partial charge in [-0.15, -0.1) is 0 Å². The topological polar surface area (TPSA) is 131 Å². The molecule has 4 saturated heterocycles. The first-order chi connectivity index (χ1) is 18.9. The van der Waals surface area contributed by atoms with E-state index in [2.05, 4.69) is 9.80 Å². The highest BCUT2D eigenvalue weighted by Gasteiger charge is 2.32. The maximum Gasteiger partial charge on any atom is 0.335 e. The van der Waals surface area contributed by atoms with Gasteiger partial charge in [0.1, 0.15) is 0 Å². The number of rotatable bonds is 16. The molecule has 4 unspecified atom stereocenters. The van der Waals surface area contributed by atoms with E-state index in [4.69, 9.17) is 18.9 Å². The number of ether oxygens (including phenoxy) is 4. The number of carboxylic acid groups (broad SMARTS) is 2. The third kappa shape index (κ3) is 7.07. The van der Waals surface area contributed by atoms with Gasteiger partial charge < -0.3 is 39.0 Å². The number of carbonyl (C=O) groups is 2. The number of epoxide rings is 4. The fourth-order valence-corrected chi connectivity index (χ4v) is 5.10. The Morgan fingerprint density at radius 1 is 0.641 bits per heavy atom. The molecule has 208 valence electrons. The van der Waals surface area contributed by atoms with Crippen molar-refractivity contribution in [3.8, 4) is 0 Å². The molecule has 0 radical (unpaired) electrons. The number of aromatic carboxylic acids is 2. The van der Waals surface area contributed by atoms with Crippen LogP contribution in [0.15, 0.2) is 36.4 Å². The van der Waals surface area contributed by atoms with Crippen molar-refractivity contribution in [2.75, 3.05) is 62.4 Å². The summed E-state index contributed by atoms with van der Waals surface area (Å²) < 4.78 is 21.7. The van der Waals surface area contributed by atoms with Crippen LogP contribution in [0.25, 0.3) is 0 Å². The Hall–Kier alpha value is -3.18. The Bertz CT molecular complexity index is 1100. The van der Waals surface area contributed by atoms with Gasteiger partial charge in [0.25, 0.3) is 0 Å². The molecule has 10 nitrogen and oxygen atoms in total. The van der Waals surface area contributed by atoms with Gasteiger partial charge in [0, 0.05) is 37.6 Å². The van der Waals surface area contributed by atoms with Crippen LogP contribution in [0.5, 0.6) is 0 Å². The number of benzene rings is 2. The number of carboxylic acids is 2. The molecule has 39 heavy (non-hydrogen) atoms. The van der Waals surface area contributed by atoms with E-state index in [1.807, 2.05) is 24.3 Å². The van der Waals surface area contributed by atoms with E-state index >= 15 is 0 Å². The molecule has 2 aromatic rings. The van der Waals surface area contributed by atoms with Gasteiger partial charge in [0.15, 0.2) is 0 Å². The van der Waals surface area contributed by atoms with Gasteiger partial charge in [0.2, 0.25) is 0 Å². The average Bonchev–Trinajstić information content (AvgIpc) is 3.74. The Morgan fingerprint density at radius 3 is 1.26 bits per heavy atom. The third-order valence-corrected chi connectivity index (χ3v) is 7.57. The van der Waals surface area contributed by atoms with Gasteiger partial charge in [-0.2, -0.15) is 0 Å². The maximum absolute atomic E-state index is 12.0. The lowest BCUT2D eigenvalue weighted by Crippen LogP contribution is -2.31. The lowest BCUT2D eigenvalue weighted by atomic mass is 9.96. The number of anilines is 2. The van der Waals surface area contributed by atoms with Crippen LogP contribution in [0.3, 0.4) is 0 Å². The van der Waals surface area contributed by atoms with E-state index in [0.29, 0.717) is 19.3 Å². The molecule has 2 N–H and O–H groups in total. The summed E-state index contributed by atoms with van der Waals surface area (Å²) in [4.78, 5) is 28.4.